The van der Waals surface area contributed by atoms with E-state index in [-0.39, 0.29) is 0 Å². The molecule has 0 aliphatic rings. The van der Waals surface area contributed by atoms with E-state index < -0.39 is 0 Å². The van der Waals surface area contributed by atoms with Gasteiger partial charge in [0.05, 0.1) is 39.8 Å². The molecule has 0 unspecified atom stereocenters. The summed E-state index contributed by atoms with van der Waals surface area (Å²) in [7, 11) is 0. The van der Waals surface area contributed by atoms with Crippen LogP contribution in [0.5, 0.6) is 0 Å². The van der Waals surface area contributed by atoms with Crippen LogP contribution in [0.3, 0.4) is 0 Å². The van der Waals surface area contributed by atoms with Crippen molar-refractivity contribution in [2.24, 2.45) is 0 Å². The summed E-state index contributed by atoms with van der Waals surface area (Å²) in [6, 6.07) is 35.9. The molecule has 0 radical (unpaired) electrons. The monoisotopic (exact) mass is 436 g/mol. The third-order valence-corrected chi connectivity index (χ3v) is 6.45. The van der Waals surface area contributed by atoms with Gasteiger partial charge in [-0.05, 0) is 60.7 Å². The molecule has 4 nitrogen and oxygen atoms in total. The van der Waals surface area contributed by atoms with Gasteiger partial charge in [-0.3, -0.25) is 9.97 Å². The van der Waals surface area contributed by atoms with Crippen molar-refractivity contribution in [3.63, 3.8) is 0 Å². The first-order valence-corrected chi connectivity index (χ1v) is 11.3. The SMILES string of the molecule is c1ccc(-n2ccc3cc4c5ccccc5n(-c5ccc(-c6ccccn6)nc5)c4cc32)cc1. The normalized spacial score (nSPS) is 11.5. The van der Waals surface area contributed by atoms with Gasteiger partial charge < -0.3 is 9.13 Å². The van der Waals surface area contributed by atoms with Crippen LogP contribution in [0.25, 0.3) is 55.5 Å². The molecule has 0 saturated heterocycles. The van der Waals surface area contributed by atoms with E-state index >= 15 is 0 Å². The molecule has 7 rings (SSSR count). The fourth-order valence-corrected chi connectivity index (χ4v) is 4.87. The van der Waals surface area contributed by atoms with Gasteiger partial charge in [0.2, 0.25) is 0 Å². The second kappa shape index (κ2) is 7.42. The van der Waals surface area contributed by atoms with Crippen LogP contribution < -0.4 is 0 Å². The highest BCUT2D eigenvalue weighted by molar-refractivity contribution is 6.13. The molecular weight excluding hydrogens is 416 g/mol. The third-order valence-electron chi connectivity index (χ3n) is 6.45. The lowest BCUT2D eigenvalue weighted by molar-refractivity contribution is 1.12. The van der Waals surface area contributed by atoms with Crippen LogP contribution >= 0.6 is 0 Å². The molecule has 4 heteroatoms. The maximum Gasteiger partial charge on any atom is 0.0887 e. The molecule has 160 valence electrons. The summed E-state index contributed by atoms with van der Waals surface area (Å²) in [6.07, 6.45) is 5.88. The number of rotatable bonds is 3. The summed E-state index contributed by atoms with van der Waals surface area (Å²) >= 11 is 0. The number of benzene rings is 3. The average Bonchev–Trinajstić information content (AvgIpc) is 3.47. The highest BCUT2D eigenvalue weighted by Gasteiger charge is 2.15. The van der Waals surface area contributed by atoms with Crippen molar-refractivity contribution in [3.8, 4) is 22.8 Å². The van der Waals surface area contributed by atoms with Crippen LogP contribution in [-0.4, -0.2) is 19.1 Å². The number of para-hydroxylation sites is 2. The number of nitrogens with zero attached hydrogens (tertiary/aromatic N) is 4. The summed E-state index contributed by atoms with van der Waals surface area (Å²) in [5.74, 6) is 0. The molecule has 34 heavy (non-hydrogen) atoms. The van der Waals surface area contributed by atoms with Crippen LogP contribution in [0.1, 0.15) is 0 Å². The second-order valence-corrected chi connectivity index (χ2v) is 8.42. The van der Waals surface area contributed by atoms with Crippen molar-refractivity contribution in [2.45, 2.75) is 0 Å². The zero-order valence-corrected chi connectivity index (χ0v) is 18.3. The highest BCUT2D eigenvalue weighted by Crippen LogP contribution is 2.35. The summed E-state index contributed by atoms with van der Waals surface area (Å²) < 4.78 is 4.56. The maximum absolute atomic E-state index is 4.75. The summed E-state index contributed by atoms with van der Waals surface area (Å²) in [5, 5.41) is 3.70. The first kappa shape index (κ1) is 18.8. The smallest absolute Gasteiger partial charge is 0.0887 e. The van der Waals surface area contributed by atoms with Crippen LogP contribution in [0.15, 0.2) is 122 Å². The molecule has 4 heterocycles. The van der Waals surface area contributed by atoms with Crippen LogP contribution in [0.2, 0.25) is 0 Å². The van der Waals surface area contributed by atoms with E-state index in [4.69, 9.17) is 4.98 Å². The van der Waals surface area contributed by atoms with Crippen molar-refractivity contribution in [1.29, 1.82) is 0 Å². The second-order valence-electron chi connectivity index (χ2n) is 8.42. The molecule has 0 saturated carbocycles. The van der Waals surface area contributed by atoms with Crippen molar-refractivity contribution in [2.75, 3.05) is 0 Å². The molecule has 0 fully saturated rings. The fraction of sp³-hybridized carbons (Fsp3) is 0. The molecule has 0 aliphatic heterocycles. The minimum atomic E-state index is 0.866. The van der Waals surface area contributed by atoms with Gasteiger partial charge in [-0.25, -0.2) is 0 Å². The van der Waals surface area contributed by atoms with Crippen molar-refractivity contribution in [1.82, 2.24) is 19.1 Å². The minimum absolute atomic E-state index is 0.866. The summed E-state index contributed by atoms with van der Waals surface area (Å²) in [6.45, 7) is 0. The van der Waals surface area contributed by atoms with Crippen molar-refractivity contribution in [3.05, 3.63) is 122 Å². The van der Waals surface area contributed by atoms with E-state index in [1.54, 1.807) is 6.20 Å². The van der Waals surface area contributed by atoms with E-state index in [9.17, 15) is 0 Å². The van der Waals surface area contributed by atoms with Gasteiger partial charge in [0.1, 0.15) is 0 Å². The lowest BCUT2D eigenvalue weighted by atomic mass is 10.1. The van der Waals surface area contributed by atoms with Crippen molar-refractivity contribution < 1.29 is 0 Å². The molecular formula is C30H20N4. The van der Waals surface area contributed by atoms with Crippen molar-refractivity contribution >= 4 is 32.7 Å². The zero-order valence-electron chi connectivity index (χ0n) is 18.3. The Morgan fingerprint density at radius 2 is 1.35 bits per heavy atom. The van der Waals surface area contributed by atoms with E-state index in [0.29, 0.717) is 0 Å². The van der Waals surface area contributed by atoms with Crippen LogP contribution in [-0.2, 0) is 0 Å². The molecule has 0 atom stereocenters. The van der Waals surface area contributed by atoms with Gasteiger partial charge in [-0.2, -0.15) is 0 Å². The average molecular weight is 437 g/mol. The lowest BCUT2D eigenvalue weighted by Gasteiger charge is -2.10. The van der Waals surface area contributed by atoms with Gasteiger partial charge in [0, 0.05) is 34.2 Å². The number of fused-ring (bicyclic) bond motifs is 4. The minimum Gasteiger partial charge on any atom is -0.316 e. The Hall–Kier alpha value is -4.70. The number of aromatic nitrogens is 4. The van der Waals surface area contributed by atoms with Gasteiger partial charge in [0.15, 0.2) is 0 Å². The Kier molecular flexibility index (Phi) is 4.11. The molecule has 0 bridgehead atoms. The van der Waals surface area contributed by atoms with Gasteiger partial charge in [-0.15, -0.1) is 0 Å². The Morgan fingerprint density at radius 1 is 0.529 bits per heavy atom. The Bertz CT molecular complexity index is 1780. The lowest BCUT2D eigenvalue weighted by Crippen LogP contribution is -1.96. The molecule has 0 aliphatic carbocycles. The molecule has 7 aromatic rings. The first-order valence-electron chi connectivity index (χ1n) is 11.3. The van der Waals surface area contributed by atoms with Crippen LogP contribution in [0.4, 0.5) is 0 Å². The van der Waals surface area contributed by atoms with Gasteiger partial charge in [-0.1, -0.05) is 42.5 Å². The van der Waals surface area contributed by atoms with Gasteiger partial charge in [0.25, 0.3) is 0 Å². The first-order chi connectivity index (χ1) is 16.9. The largest absolute Gasteiger partial charge is 0.316 e. The topological polar surface area (TPSA) is 35.6 Å². The molecule has 3 aromatic carbocycles. The van der Waals surface area contributed by atoms with E-state index in [1.807, 2.05) is 36.5 Å². The Labute approximate surface area is 196 Å². The number of pyridine rings is 2. The van der Waals surface area contributed by atoms with E-state index in [0.717, 1.165) is 28.3 Å². The molecule has 0 amide bonds. The molecule has 0 N–H and O–H groups in total. The predicted molar refractivity (Wildman–Crippen MR) is 139 cm³/mol. The Balaban J connectivity index is 1.48. The van der Waals surface area contributed by atoms with E-state index in [2.05, 4.69) is 93.1 Å². The predicted octanol–water partition coefficient (Wildman–Crippen LogP) is 7.18. The highest BCUT2D eigenvalue weighted by atomic mass is 15.0. The van der Waals surface area contributed by atoms with E-state index in [1.165, 1.54) is 27.2 Å². The number of hydrogen-bond donors (Lipinski definition) is 0. The maximum atomic E-state index is 4.75. The summed E-state index contributed by atoms with van der Waals surface area (Å²) in [4.78, 5) is 9.18. The third kappa shape index (κ3) is 2.86. The van der Waals surface area contributed by atoms with Gasteiger partial charge >= 0.3 is 0 Å². The zero-order chi connectivity index (χ0) is 22.5. The summed E-state index contributed by atoms with van der Waals surface area (Å²) in [5.41, 5.74) is 7.44. The molecule has 0 spiro atoms. The van der Waals surface area contributed by atoms with Crippen LogP contribution in [0, 0.1) is 0 Å². The number of hydrogen-bond acceptors (Lipinski definition) is 2. The quantitative estimate of drug-likeness (QED) is 0.294. The molecule has 4 aromatic heterocycles. The fourth-order valence-electron chi connectivity index (χ4n) is 4.87. The standard InChI is InChI=1S/C30H20N4/c1-2-8-22(9-3-1)33-17-15-21-18-25-24-10-4-5-12-28(24)34(30(25)19-29(21)33)23-13-14-27(32-20-23)26-11-6-7-16-31-26/h1-20H. The Morgan fingerprint density at radius 3 is 2.18 bits per heavy atom.